The Morgan fingerprint density at radius 1 is 1.24 bits per heavy atom. The van der Waals surface area contributed by atoms with Gasteiger partial charge < -0.3 is 9.73 Å². The first kappa shape index (κ1) is 15.0. The van der Waals surface area contributed by atoms with Crippen molar-refractivity contribution in [2.75, 3.05) is 12.3 Å². The van der Waals surface area contributed by atoms with Gasteiger partial charge in [0.2, 0.25) is 11.8 Å². The first-order valence-electron chi connectivity index (χ1n) is 6.28. The van der Waals surface area contributed by atoms with Crippen molar-refractivity contribution in [2.24, 2.45) is 0 Å². The molecular formula is C13H14N4O3S. The third-order valence-electron chi connectivity index (χ3n) is 2.34. The van der Waals surface area contributed by atoms with Crippen LogP contribution in [-0.2, 0) is 4.79 Å². The molecule has 2 rings (SSSR count). The highest BCUT2D eigenvalue weighted by molar-refractivity contribution is 7.99. The molecule has 0 fully saturated rings. The van der Waals surface area contributed by atoms with E-state index in [0.29, 0.717) is 12.4 Å². The molecule has 21 heavy (non-hydrogen) atoms. The lowest BCUT2D eigenvalue weighted by Crippen LogP contribution is -2.40. The van der Waals surface area contributed by atoms with E-state index in [1.165, 1.54) is 0 Å². The molecule has 2 N–H and O–H groups in total. The number of imide groups is 1. The predicted octanol–water partition coefficient (Wildman–Crippen LogP) is 1.67. The SMILES string of the molecule is CCNC(=O)NC(=O)CSc1nnc(-c2ccccc2)o1. The van der Waals surface area contributed by atoms with Crippen molar-refractivity contribution < 1.29 is 14.0 Å². The zero-order valence-electron chi connectivity index (χ0n) is 11.3. The first-order valence-corrected chi connectivity index (χ1v) is 7.27. The molecule has 110 valence electrons. The molecule has 2 aromatic rings. The summed E-state index contributed by atoms with van der Waals surface area (Å²) in [5.41, 5.74) is 0.809. The van der Waals surface area contributed by atoms with Crippen LogP contribution < -0.4 is 10.6 Å². The molecule has 0 radical (unpaired) electrons. The molecule has 1 heterocycles. The normalized spacial score (nSPS) is 10.1. The summed E-state index contributed by atoms with van der Waals surface area (Å²) < 4.78 is 5.43. The Hall–Kier alpha value is -2.35. The number of benzene rings is 1. The summed E-state index contributed by atoms with van der Waals surface area (Å²) in [5, 5.41) is 12.7. The van der Waals surface area contributed by atoms with Gasteiger partial charge in [-0.25, -0.2) is 4.79 Å². The summed E-state index contributed by atoms with van der Waals surface area (Å²) in [4.78, 5) is 22.6. The molecule has 0 saturated heterocycles. The molecule has 0 unspecified atom stereocenters. The monoisotopic (exact) mass is 306 g/mol. The van der Waals surface area contributed by atoms with E-state index in [9.17, 15) is 9.59 Å². The fourth-order valence-electron chi connectivity index (χ4n) is 1.46. The molecule has 7 nitrogen and oxygen atoms in total. The second kappa shape index (κ2) is 7.44. The molecule has 0 aliphatic heterocycles. The van der Waals surface area contributed by atoms with Crippen molar-refractivity contribution in [3.05, 3.63) is 30.3 Å². The average Bonchev–Trinajstić information content (AvgIpc) is 2.95. The van der Waals surface area contributed by atoms with Crippen LogP contribution in [0.15, 0.2) is 40.0 Å². The van der Waals surface area contributed by atoms with Gasteiger partial charge in [-0.1, -0.05) is 30.0 Å². The van der Waals surface area contributed by atoms with Gasteiger partial charge in [0.05, 0.1) is 5.75 Å². The predicted molar refractivity (Wildman–Crippen MR) is 77.7 cm³/mol. The van der Waals surface area contributed by atoms with E-state index in [1.807, 2.05) is 30.3 Å². The van der Waals surface area contributed by atoms with Crippen LogP contribution in [0.1, 0.15) is 6.92 Å². The molecular weight excluding hydrogens is 292 g/mol. The molecule has 0 atom stereocenters. The van der Waals surface area contributed by atoms with Crippen molar-refractivity contribution in [1.82, 2.24) is 20.8 Å². The second-order valence-electron chi connectivity index (χ2n) is 3.94. The molecule has 0 bridgehead atoms. The quantitative estimate of drug-likeness (QED) is 0.816. The highest BCUT2D eigenvalue weighted by Gasteiger charge is 2.12. The minimum absolute atomic E-state index is 0.0214. The van der Waals surface area contributed by atoms with Crippen molar-refractivity contribution in [3.63, 3.8) is 0 Å². The van der Waals surface area contributed by atoms with Crippen LogP contribution in [0.2, 0.25) is 0 Å². The van der Waals surface area contributed by atoms with Crippen molar-refractivity contribution in [3.8, 4) is 11.5 Å². The molecule has 0 aliphatic carbocycles. The van der Waals surface area contributed by atoms with Gasteiger partial charge in [0.15, 0.2) is 0 Å². The lowest BCUT2D eigenvalue weighted by Gasteiger charge is -2.02. The zero-order valence-corrected chi connectivity index (χ0v) is 12.1. The summed E-state index contributed by atoms with van der Waals surface area (Å²) in [6.45, 7) is 2.22. The summed E-state index contributed by atoms with van der Waals surface area (Å²) in [7, 11) is 0. The van der Waals surface area contributed by atoms with Crippen LogP contribution in [0.4, 0.5) is 4.79 Å². The number of nitrogens with one attached hydrogen (secondary N) is 2. The number of carbonyl (C=O) groups excluding carboxylic acids is 2. The number of aromatic nitrogens is 2. The van der Waals surface area contributed by atoms with Gasteiger partial charge in [-0.05, 0) is 19.1 Å². The number of amides is 3. The van der Waals surface area contributed by atoms with Gasteiger partial charge in [0.1, 0.15) is 0 Å². The smallest absolute Gasteiger partial charge is 0.321 e. The van der Waals surface area contributed by atoms with E-state index >= 15 is 0 Å². The maximum atomic E-state index is 11.5. The average molecular weight is 306 g/mol. The number of hydrogen-bond acceptors (Lipinski definition) is 6. The maximum Gasteiger partial charge on any atom is 0.321 e. The van der Waals surface area contributed by atoms with Crippen molar-refractivity contribution in [1.29, 1.82) is 0 Å². The van der Waals surface area contributed by atoms with E-state index in [0.717, 1.165) is 17.3 Å². The topological polar surface area (TPSA) is 97.1 Å². The van der Waals surface area contributed by atoms with Crippen molar-refractivity contribution in [2.45, 2.75) is 12.1 Å². The third-order valence-corrected chi connectivity index (χ3v) is 3.16. The van der Waals surface area contributed by atoms with Crippen molar-refractivity contribution >= 4 is 23.7 Å². The summed E-state index contributed by atoms with van der Waals surface area (Å²) in [6, 6.07) is 8.81. The Balaban J connectivity index is 1.86. The van der Waals surface area contributed by atoms with Crippen LogP contribution >= 0.6 is 11.8 Å². The third kappa shape index (κ3) is 4.60. The zero-order chi connectivity index (χ0) is 15.1. The standard InChI is InChI=1S/C13H14N4O3S/c1-2-14-12(19)15-10(18)8-21-13-17-16-11(20-13)9-6-4-3-5-7-9/h3-7H,2,8H2,1H3,(H2,14,15,18,19). The Morgan fingerprint density at radius 3 is 2.71 bits per heavy atom. The van der Waals surface area contributed by atoms with Gasteiger partial charge in [-0.2, -0.15) is 0 Å². The van der Waals surface area contributed by atoms with Gasteiger partial charge in [-0.3, -0.25) is 10.1 Å². The second-order valence-corrected chi connectivity index (χ2v) is 4.86. The molecule has 3 amide bonds. The first-order chi connectivity index (χ1) is 10.2. The fourth-order valence-corrected chi connectivity index (χ4v) is 2.02. The van der Waals surface area contributed by atoms with E-state index in [1.54, 1.807) is 6.92 Å². The number of nitrogens with zero attached hydrogens (tertiary/aromatic N) is 2. The lowest BCUT2D eigenvalue weighted by molar-refractivity contribution is -0.117. The van der Waals surface area contributed by atoms with Crippen LogP contribution in [0.25, 0.3) is 11.5 Å². The van der Waals surface area contributed by atoms with E-state index in [2.05, 4.69) is 20.8 Å². The molecule has 0 saturated carbocycles. The molecule has 8 heteroatoms. The van der Waals surface area contributed by atoms with Crippen LogP contribution in [0.5, 0.6) is 0 Å². The number of carbonyl (C=O) groups is 2. The number of rotatable bonds is 5. The van der Waals surface area contributed by atoms with Crippen LogP contribution in [0.3, 0.4) is 0 Å². The lowest BCUT2D eigenvalue weighted by atomic mass is 10.2. The summed E-state index contributed by atoms with van der Waals surface area (Å²) in [5.74, 6) is -0.0132. The molecule has 1 aromatic carbocycles. The summed E-state index contributed by atoms with van der Waals surface area (Å²) >= 11 is 1.07. The fraction of sp³-hybridized carbons (Fsp3) is 0.231. The minimum Gasteiger partial charge on any atom is -0.411 e. The van der Waals surface area contributed by atoms with Gasteiger partial charge in [-0.15, -0.1) is 10.2 Å². The Bertz CT molecular complexity index is 615. The molecule has 1 aromatic heterocycles. The number of thioether (sulfide) groups is 1. The van der Waals surface area contributed by atoms with Gasteiger partial charge in [0.25, 0.3) is 5.22 Å². The van der Waals surface area contributed by atoms with Crippen LogP contribution in [-0.4, -0.2) is 34.4 Å². The van der Waals surface area contributed by atoms with E-state index in [-0.39, 0.29) is 11.0 Å². The highest BCUT2D eigenvalue weighted by atomic mass is 32.2. The van der Waals surface area contributed by atoms with E-state index < -0.39 is 11.9 Å². The number of urea groups is 1. The molecule has 0 spiro atoms. The Labute approximate surface area is 125 Å². The largest absolute Gasteiger partial charge is 0.411 e. The van der Waals surface area contributed by atoms with Gasteiger partial charge >= 0.3 is 6.03 Å². The Kier molecular flexibility index (Phi) is 5.33. The summed E-state index contributed by atoms with van der Waals surface area (Å²) in [6.07, 6.45) is 0. The Morgan fingerprint density at radius 2 is 2.00 bits per heavy atom. The van der Waals surface area contributed by atoms with Gasteiger partial charge in [0, 0.05) is 12.1 Å². The van der Waals surface area contributed by atoms with E-state index in [4.69, 9.17) is 4.42 Å². The molecule has 0 aliphatic rings. The highest BCUT2D eigenvalue weighted by Crippen LogP contribution is 2.22. The van der Waals surface area contributed by atoms with Crippen LogP contribution in [0, 0.1) is 0 Å². The number of hydrogen-bond donors (Lipinski definition) is 2. The minimum atomic E-state index is -0.515. The maximum absolute atomic E-state index is 11.5.